The second-order valence-corrected chi connectivity index (χ2v) is 14.2. The summed E-state index contributed by atoms with van der Waals surface area (Å²) < 4.78 is 53.0. The molecule has 1 saturated heterocycles. The molecule has 0 aromatic heterocycles. The van der Waals surface area contributed by atoms with Crippen molar-refractivity contribution >= 4 is 39.9 Å². The fraction of sp³-hybridized carbons (Fsp3) is 0.395. The number of likely N-dealkylation sites (N-methyl/N-ethyl adjacent to an activating group) is 1. The molecule has 0 bridgehead atoms. The number of piperazine rings is 1. The minimum absolute atomic E-state index is 0.270. The monoisotopic (exact) mass is 692 g/mol. The number of halogens is 3. The van der Waals surface area contributed by atoms with Crippen molar-refractivity contribution in [3.8, 4) is 5.75 Å². The maximum Gasteiger partial charge on any atom is 0.416 e. The molecular formula is C38H43F3N4O3S. The van der Waals surface area contributed by atoms with Crippen molar-refractivity contribution in [2.24, 2.45) is 0 Å². The molecular weight excluding hydrogens is 650 g/mol. The highest BCUT2D eigenvalue weighted by Crippen LogP contribution is 2.49. The van der Waals surface area contributed by atoms with Crippen LogP contribution in [0.2, 0.25) is 0 Å². The zero-order chi connectivity index (χ0) is 34.6. The largest absolute Gasteiger partial charge is 0.474 e. The SMILES string of the molecule is CN(C)CC(C)(Oc1cccc2ccccc12)C(=O)OCCN1CCN(CCCN2c3ccccc3Sc3ccc(C(F)(F)F)cc32)CC1. The van der Waals surface area contributed by atoms with Gasteiger partial charge in [0.2, 0.25) is 5.60 Å². The van der Waals surface area contributed by atoms with Gasteiger partial charge in [-0.1, -0.05) is 60.3 Å². The lowest BCUT2D eigenvalue weighted by Crippen LogP contribution is -2.51. The standard InChI is InChI=1S/C38H43F3N4O3S/c1-37(27-42(2)3,48-33-14-8-11-28-10-4-5-12-30(28)33)36(46)47-25-24-44-22-20-43(21-23-44)18-9-19-45-31-13-6-7-15-34(31)49-35-17-16-29(26-32(35)45)38(39,40)41/h4-8,10-17,26H,9,18-25,27H2,1-3H3. The van der Waals surface area contributed by atoms with E-state index in [0.717, 1.165) is 65.4 Å². The van der Waals surface area contributed by atoms with Gasteiger partial charge in [-0.05, 0) is 75.8 Å². The number of fused-ring (bicyclic) bond motifs is 3. The van der Waals surface area contributed by atoms with Gasteiger partial charge >= 0.3 is 12.1 Å². The lowest BCUT2D eigenvalue weighted by atomic mass is 10.1. The molecule has 4 aromatic carbocycles. The van der Waals surface area contributed by atoms with Crippen molar-refractivity contribution < 1.29 is 27.4 Å². The summed E-state index contributed by atoms with van der Waals surface area (Å²) in [5, 5.41) is 1.99. The minimum Gasteiger partial charge on any atom is -0.474 e. The van der Waals surface area contributed by atoms with Gasteiger partial charge in [0.25, 0.3) is 0 Å². The first-order chi connectivity index (χ1) is 23.5. The molecule has 0 radical (unpaired) electrons. The van der Waals surface area contributed by atoms with Crippen LogP contribution < -0.4 is 9.64 Å². The lowest BCUT2D eigenvalue weighted by Gasteiger charge is -2.36. The third kappa shape index (κ3) is 8.34. The molecule has 2 heterocycles. The molecule has 2 aliphatic rings. The second-order valence-electron chi connectivity index (χ2n) is 13.1. The van der Waals surface area contributed by atoms with Gasteiger partial charge in [-0.3, -0.25) is 4.90 Å². The number of carbonyl (C=O) groups is 1. The van der Waals surface area contributed by atoms with E-state index >= 15 is 0 Å². The molecule has 6 rings (SSSR count). The van der Waals surface area contributed by atoms with Crippen molar-refractivity contribution in [2.45, 2.75) is 34.9 Å². The Kier molecular flexibility index (Phi) is 10.7. The van der Waals surface area contributed by atoms with E-state index in [2.05, 4.69) is 9.80 Å². The molecule has 49 heavy (non-hydrogen) atoms. The zero-order valence-corrected chi connectivity index (χ0v) is 29.0. The number of esters is 1. The minimum atomic E-state index is -4.39. The third-order valence-corrected chi connectivity index (χ3v) is 10.2. The van der Waals surface area contributed by atoms with Gasteiger partial charge in [0.05, 0.1) is 16.9 Å². The maximum absolute atomic E-state index is 13.6. The number of alkyl halides is 3. The number of rotatable bonds is 12. The molecule has 2 aliphatic heterocycles. The van der Waals surface area contributed by atoms with Crippen LogP contribution in [0.15, 0.2) is 94.7 Å². The van der Waals surface area contributed by atoms with Crippen LogP contribution >= 0.6 is 11.8 Å². The number of anilines is 2. The highest BCUT2D eigenvalue weighted by Gasteiger charge is 2.39. The highest BCUT2D eigenvalue weighted by atomic mass is 32.2. The Morgan fingerprint density at radius 3 is 2.24 bits per heavy atom. The normalized spacial score (nSPS) is 16.7. The maximum atomic E-state index is 13.6. The van der Waals surface area contributed by atoms with E-state index in [4.69, 9.17) is 9.47 Å². The van der Waals surface area contributed by atoms with Gasteiger partial charge in [0.1, 0.15) is 12.4 Å². The van der Waals surface area contributed by atoms with Crippen LogP contribution in [0.25, 0.3) is 10.8 Å². The molecule has 0 spiro atoms. The van der Waals surface area contributed by atoms with Gasteiger partial charge in [-0.15, -0.1) is 0 Å². The van der Waals surface area contributed by atoms with Crippen LogP contribution in [-0.4, -0.2) is 99.3 Å². The predicted octanol–water partition coefficient (Wildman–Crippen LogP) is 7.41. The van der Waals surface area contributed by atoms with Gasteiger partial charge in [-0.25, -0.2) is 4.79 Å². The molecule has 7 nitrogen and oxygen atoms in total. The van der Waals surface area contributed by atoms with E-state index in [1.54, 1.807) is 13.0 Å². The molecule has 0 aliphatic carbocycles. The van der Waals surface area contributed by atoms with Gasteiger partial charge in [0, 0.05) is 61.0 Å². The van der Waals surface area contributed by atoms with Crippen molar-refractivity contribution in [1.82, 2.24) is 14.7 Å². The summed E-state index contributed by atoms with van der Waals surface area (Å²) >= 11 is 1.51. The van der Waals surface area contributed by atoms with Gasteiger partial charge < -0.3 is 24.2 Å². The zero-order valence-electron chi connectivity index (χ0n) is 28.2. The summed E-state index contributed by atoms with van der Waals surface area (Å²) in [4.78, 5) is 24.0. The van der Waals surface area contributed by atoms with Crippen molar-refractivity contribution in [3.05, 3.63) is 90.5 Å². The Hall–Kier alpha value is -3.77. The van der Waals surface area contributed by atoms with Crippen molar-refractivity contribution in [1.29, 1.82) is 0 Å². The van der Waals surface area contributed by atoms with Crippen LogP contribution in [0.4, 0.5) is 24.5 Å². The molecule has 0 amide bonds. The summed E-state index contributed by atoms with van der Waals surface area (Å²) in [6.45, 7) is 7.95. The van der Waals surface area contributed by atoms with E-state index < -0.39 is 23.3 Å². The molecule has 1 atom stereocenters. The lowest BCUT2D eigenvalue weighted by molar-refractivity contribution is -0.162. The van der Waals surface area contributed by atoms with E-state index in [-0.39, 0.29) is 6.61 Å². The van der Waals surface area contributed by atoms with Crippen LogP contribution in [-0.2, 0) is 15.7 Å². The fourth-order valence-electron chi connectivity index (χ4n) is 6.62. The van der Waals surface area contributed by atoms with Crippen molar-refractivity contribution in [2.75, 3.05) is 78.0 Å². The Bertz CT molecular complexity index is 1760. The van der Waals surface area contributed by atoms with Crippen LogP contribution in [0.5, 0.6) is 5.75 Å². The number of hydrogen-bond donors (Lipinski definition) is 0. The van der Waals surface area contributed by atoms with E-state index in [0.29, 0.717) is 31.1 Å². The summed E-state index contributed by atoms with van der Waals surface area (Å²) in [5.74, 6) is 0.253. The van der Waals surface area contributed by atoms with E-state index in [9.17, 15) is 18.0 Å². The Balaban J connectivity index is 0.989. The molecule has 260 valence electrons. The first kappa shape index (κ1) is 35.1. The number of hydrogen-bond acceptors (Lipinski definition) is 8. The number of nitrogens with zero attached hydrogens (tertiary/aromatic N) is 4. The van der Waals surface area contributed by atoms with Gasteiger partial charge in [-0.2, -0.15) is 13.2 Å². The molecule has 1 fully saturated rings. The Labute approximate surface area is 290 Å². The fourth-order valence-corrected chi connectivity index (χ4v) is 7.70. The third-order valence-electron chi connectivity index (χ3n) is 9.05. The molecule has 0 saturated carbocycles. The molecule has 11 heteroatoms. The quantitative estimate of drug-likeness (QED) is 0.142. The van der Waals surface area contributed by atoms with Crippen LogP contribution in [0.1, 0.15) is 18.9 Å². The first-order valence-electron chi connectivity index (χ1n) is 16.7. The Morgan fingerprint density at radius 1 is 0.816 bits per heavy atom. The van der Waals surface area contributed by atoms with Gasteiger partial charge in [0.15, 0.2) is 0 Å². The number of ether oxygens (including phenoxy) is 2. The summed E-state index contributed by atoms with van der Waals surface area (Å²) in [7, 11) is 3.81. The number of benzene rings is 4. The predicted molar refractivity (Wildman–Crippen MR) is 189 cm³/mol. The Morgan fingerprint density at radius 2 is 1.49 bits per heavy atom. The number of para-hydroxylation sites is 1. The second kappa shape index (κ2) is 15.0. The molecule has 0 N–H and O–H groups in total. The number of carbonyl (C=O) groups excluding carboxylic acids is 1. The van der Waals surface area contributed by atoms with Crippen LogP contribution in [0.3, 0.4) is 0 Å². The average Bonchev–Trinajstić information content (AvgIpc) is 3.08. The molecule has 1 unspecified atom stereocenters. The van der Waals surface area contributed by atoms with E-state index in [1.165, 1.54) is 23.9 Å². The first-order valence-corrected chi connectivity index (χ1v) is 17.5. The summed E-state index contributed by atoms with van der Waals surface area (Å²) in [5.41, 5.74) is -0.253. The smallest absolute Gasteiger partial charge is 0.416 e. The molecule has 4 aromatic rings. The van der Waals surface area contributed by atoms with Crippen molar-refractivity contribution in [3.63, 3.8) is 0 Å². The average molecular weight is 693 g/mol. The summed E-state index contributed by atoms with van der Waals surface area (Å²) in [6, 6.07) is 25.7. The highest BCUT2D eigenvalue weighted by molar-refractivity contribution is 7.99. The topological polar surface area (TPSA) is 48.5 Å². The van der Waals surface area contributed by atoms with Crippen LogP contribution in [0, 0.1) is 0 Å². The summed E-state index contributed by atoms with van der Waals surface area (Å²) in [6.07, 6.45) is -3.58. The van der Waals surface area contributed by atoms with E-state index in [1.807, 2.05) is 90.6 Å².